The van der Waals surface area contributed by atoms with Gasteiger partial charge in [-0.25, -0.2) is 9.78 Å². The Morgan fingerprint density at radius 3 is 2.42 bits per heavy atom. The maximum Gasteiger partial charge on any atom is 0.390 e. The first-order chi connectivity index (χ1) is 8.70. The van der Waals surface area contributed by atoms with Gasteiger partial charge in [-0.1, -0.05) is 0 Å². The third kappa shape index (κ3) is 4.57. The molecule has 0 aliphatic carbocycles. The maximum absolute atomic E-state index is 12.0. The van der Waals surface area contributed by atoms with Crippen LogP contribution in [-0.4, -0.2) is 46.6 Å². The number of pyridine rings is 1. The quantitative estimate of drug-likeness (QED) is 0.910. The van der Waals surface area contributed by atoms with Gasteiger partial charge < -0.3 is 10.0 Å². The van der Waals surface area contributed by atoms with Crippen LogP contribution in [0.15, 0.2) is 18.3 Å². The van der Waals surface area contributed by atoms with Gasteiger partial charge in [-0.3, -0.25) is 4.79 Å². The van der Waals surface area contributed by atoms with Crippen LogP contribution in [-0.2, 0) is 0 Å². The molecule has 0 aromatic carbocycles. The van der Waals surface area contributed by atoms with Gasteiger partial charge in [0.25, 0.3) is 5.91 Å². The largest absolute Gasteiger partial charge is 0.477 e. The zero-order valence-electron chi connectivity index (χ0n) is 9.94. The Labute approximate surface area is 106 Å². The van der Waals surface area contributed by atoms with Crippen molar-refractivity contribution in [2.75, 3.05) is 13.6 Å². The highest BCUT2D eigenvalue weighted by Crippen LogP contribution is 2.19. The van der Waals surface area contributed by atoms with Crippen molar-refractivity contribution in [3.63, 3.8) is 0 Å². The molecule has 8 heteroatoms. The van der Waals surface area contributed by atoms with E-state index in [9.17, 15) is 22.8 Å². The molecule has 19 heavy (non-hydrogen) atoms. The maximum atomic E-state index is 12.0. The fraction of sp³-hybridized carbons (Fsp3) is 0.364. The summed E-state index contributed by atoms with van der Waals surface area (Å²) in [7, 11) is 1.24. The number of hydrogen-bond donors (Lipinski definition) is 1. The Hall–Kier alpha value is -2.12. The Balaban J connectivity index is 2.69. The van der Waals surface area contributed by atoms with E-state index in [-0.39, 0.29) is 11.3 Å². The molecule has 0 saturated heterocycles. The van der Waals surface area contributed by atoms with E-state index < -0.39 is 31.0 Å². The minimum Gasteiger partial charge on any atom is -0.477 e. The molecule has 0 unspecified atom stereocenters. The predicted octanol–water partition coefficient (Wildman–Crippen LogP) is 1.80. The molecule has 1 rings (SSSR count). The summed E-state index contributed by atoms with van der Waals surface area (Å²) in [6, 6.07) is 2.33. The normalized spacial score (nSPS) is 11.2. The number of aromatic carboxylic acids is 1. The van der Waals surface area contributed by atoms with Gasteiger partial charge in [0.2, 0.25) is 0 Å². The lowest BCUT2D eigenvalue weighted by Crippen LogP contribution is -2.30. The molecule has 1 aromatic heterocycles. The van der Waals surface area contributed by atoms with E-state index >= 15 is 0 Å². The van der Waals surface area contributed by atoms with Gasteiger partial charge >= 0.3 is 12.1 Å². The first-order valence-electron chi connectivity index (χ1n) is 5.22. The number of alkyl halides is 3. The molecule has 0 spiro atoms. The molecule has 0 fully saturated rings. The van der Waals surface area contributed by atoms with Crippen molar-refractivity contribution in [3.8, 4) is 0 Å². The van der Waals surface area contributed by atoms with Crippen LogP contribution in [0.25, 0.3) is 0 Å². The number of carboxylic acids is 1. The van der Waals surface area contributed by atoms with E-state index in [2.05, 4.69) is 4.98 Å². The average molecular weight is 276 g/mol. The summed E-state index contributed by atoms with van der Waals surface area (Å²) < 4.78 is 36.0. The molecule has 1 N–H and O–H groups in total. The highest BCUT2D eigenvalue weighted by molar-refractivity contribution is 5.94. The Kier molecular flexibility index (Phi) is 4.47. The summed E-state index contributed by atoms with van der Waals surface area (Å²) in [5, 5.41) is 8.61. The van der Waals surface area contributed by atoms with Crippen molar-refractivity contribution in [3.05, 3.63) is 29.6 Å². The molecule has 0 atom stereocenters. The number of halogens is 3. The van der Waals surface area contributed by atoms with Crippen molar-refractivity contribution >= 4 is 11.9 Å². The van der Waals surface area contributed by atoms with Gasteiger partial charge in [-0.2, -0.15) is 13.2 Å². The van der Waals surface area contributed by atoms with Gasteiger partial charge in [0, 0.05) is 19.8 Å². The standard InChI is InChI=1S/C11H11F3N2O3/c1-16(5-4-11(12,13)14)9(17)7-2-3-8(10(18)19)15-6-7/h2-3,6H,4-5H2,1H3,(H,18,19). The monoisotopic (exact) mass is 276 g/mol. The molecule has 1 heterocycles. The third-order valence-corrected chi connectivity index (χ3v) is 2.31. The lowest BCUT2D eigenvalue weighted by atomic mass is 10.2. The Morgan fingerprint density at radius 2 is 2.00 bits per heavy atom. The number of nitrogens with zero attached hydrogens (tertiary/aromatic N) is 2. The average Bonchev–Trinajstić information content (AvgIpc) is 2.34. The summed E-state index contributed by atoms with van der Waals surface area (Å²) >= 11 is 0. The zero-order chi connectivity index (χ0) is 14.6. The fourth-order valence-corrected chi connectivity index (χ4v) is 1.26. The minimum absolute atomic E-state index is 0.0367. The molecule has 0 aliphatic heterocycles. The molecule has 104 valence electrons. The second kappa shape index (κ2) is 5.68. The molecule has 0 bridgehead atoms. The number of amides is 1. The van der Waals surface area contributed by atoms with Gasteiger partial charge in [0.05, 0.1) is 12.0 Å². The van der Waals surface area contributed by atoms with Gasteiger partial charge in [-0.05, 0) is 12.1 Å². The number of hydrogen-bond acceptors (Lipinski definition) is 3. The number of carbonyl (C=O) groups excluding carboxylic acids is 1. The van der Waals surface area contributed by atoms with Crippen LogP contribution in [0.4, 0.5) is 13.2 Å². The van der Waals surface area contributed by atoms with Crippen molar-refractivity contribution < 1.29 is 27.9 Å². The summed E-state index contributed by atoms with van der Waals surface area (Å²) in [5.41, 5.74) is -0.204. The van der Waals surface area contributed by atoms with Crippen LogP contribution in [0.1, 0.15) is 27.3 Å². The summed E-state index contributed by atoms with van der Waals surface area (Å²) in [5.74, 6) is -1.89. The lowest BCUT2D eigenvalue weighted by molar-refractivity contribution is -0.136. The number of aromatic nitrogens is 1. The van der Waals surface area contributed by atoms with Crippen LogP contribution in [0.2, 0.25) is 0 Å². The summed E-state index contributed by atoms with van der Waals surface area (Å²) in [4.78, 5) is 26.7. The molecule has 5 nitrogen and oxygen atoms in total. The SMILES string of the molecule is CN(CCC(F)(F)F)C(=O)c1ccc(C(=O)O)nc1. The van der Waals surface area contributed by atoms with Crippen molar-refractivity contribution in [1.82, 2.24) is 9.88 Å². The van der Waals surface area contributed by atoms with E-state index in [1.807, 2.05) is 0 Å². The smallest absolute Gasteiger partial charge is 0.390 e. The topological polar surface area (TPSA) is 70.5 Å². The molecule has 1 aromatic rings. The van der Waals surface area contributed by atoms with Crippen LogP contribution in [0.5, 0.6) is 0 Å². The highest BCUT2D eigenvalue weighted by Gasteiger charge is 2.28. The van der Waals surface area contributed by atoms with Crippen molar-refractivity contribution in [2.45, 2.75) is 12.6 Å². The van der Waals surface area contributed by atoms with Gasteiger partial charge in [0.15, 0.2) is 0 Å². The third-order valence-electron chi connectivity index (χ3n) is 2.31. The van der Waals surface area contributed by atoms with Gasteiger partial charge in [0.1, 0.15) is 5.69 Å². The number of rotatable bonds is 4. The van der Waals surface area contributed by atoms with E-state index in [1.54, 1.807) is 0 Å². The summed E-state index contributed by atoms with van der Waals surface area (Å²) in [6.07, 6.45) is -4.41. The van der Waals surface area contributed by atoms with E-state index in [0.717, 1.165) is 17.2 Å². The van der Waals surface area contributed by atoms with Crippen LogP contribution < -0.4 is 0 Å². The Bertz CT molecular complexity index is 471. The van der Waals surface area contributed by atoms with Crippen LogP contribution in [0.3, 0.4) is 0 Å². The molecule has 0 radical (unpaired) electrons. The molecular formula is C11H11F3N2O3. The van der Waals surface area contributed by atoms with Crippen molar-refractivity contribution in [1.29, 1.82) is 0 Å². The minimum atomic E-state index is -4.33. The predicted molar refractivity (Wildman–Crippen MR) is 58.8 cm³/mol. The number of carboxylic acid groups (broad SMARTS) is 1. The fourth-order valence-electron chi connectivity index (χ4n) is 1.26. The van der Waals surface area contributed by atoms with Crippen LogP contribution >= 0.6 is 0 Å². The second-order valence-corrected chi connectivity index (χ2v) is 3.83. The van der Waals surface area contributed by atoms with E-state index in [0.29, 0.717) is 0 Å². The van der Waals surface area contributed by atoms with Crippen molar-refractivity contribution in [2.24, 2.45) is 0 Å². The first kappa shape index (κ1) is 14.9. The zero-order valence-corrected chi connectivity index (χ0v) is 9.94. The molecule has 1 amide bonds. The first-order valence-corrected chi connectivity index (χ1v) is 5.22. The second-order valence-electron chi connectivity index (χ2n) is 3.83. The lowest BCUT2D eigenvalue weighted by Gasteiger charge is -2.17. The highest BCUT2D eigenvalue weighted by atomic mass is 19.4. The molecule has 0 saturated carbocycles. The van der Waals surface area contributed by atoms with Gasteiger partial charge in [-0.15, -0.1) is 0 Å². The molecular weight excluding hydrogens is 265 g/mol. The molecule has 0 aliphatic rings. The van der Waals surface area contributed by atoms with E-state index in [1.165, 1.54) is 13.1 Å². The van der Waals surface area contributed by atoms with E-state index in [4.69, 9.17) is 5.11 Å². The van der Waals surface area contributed by atoms with Crippen LogP contribution in [0, 0.1) is 0 Å². The number of carbonyl (C=O) groups is 2. The summed E-state index contributed by atoms with van der Waals surface area (Å²) in [6.45, 7) is -0.469. The Morgan fingerprint density at radius 1 is 1.37 bits per heavy atom.